The fourth-order valence-electron chi connectivity index (χ4n) is 1.79. The van der Waals surface area contributed by atoms with Crippen molar-refractivity contribution >= 4 is 27.5 Å². The highest BCUT2D eigenvalue weighted by Crippen LogP contribution is 2.27. The quantitative estimate of drug-likeness (QED) is 0.825. The lowest BCUT2D eigenvalue weighted by molar-refractivity contribution is 0.342. The average molecular weight is 323 g/mol. The first-order valence-corrected chi connectivity index (χ1v) is 9.16. The average Bonchev–Trinajstić information content (AvgIpc) is 2.49. The molecule has 0 spiro atoms. The number of rotatable bonds is 6. The van der Waals surface area contributed by atoms with E-state index in [9.17, 15) is 8.42 Å². The number of anilines is 1. The zero-order valence-electron chi connectivity index (χ0n) is 11.9. The van der Waals surface area contributed by atoms with Gasteiger partial charge in [0, 0.05) is 4.90 Å². The first-order valence-electron chi connectivity index (χ1n) is 6.45. The highest BCUT2D eigenvalue weighted by Gasteiger charge is 2.16. The van der Waals surface area contributed by atoms with Crippen molar-refractivity contribution in [3.8, 4) is 5.75 Å². The van der Waals surface area contributed by atoms with Gasteiger partial charge in [0.15, 0.2) is 0 Å². The Hall–Kier alpha value is -1.66. The molecule has 0 aliphatic heterocycles. The van der Waals surface area contributed by atoms with E-state index in [2.05, 4.69) is 4.72 Å². The Bertz CT molecular complexity index is 697. The molecule has 0 saturated heterocycles. The molecule has 0 bridgehead atoms. The van der Waals surface area contributed by atoms with Gasteiger partial charge in [0.1, 0.15) is 5.75 Å². The Labute approximate surface area is 129 Å². The molecule has 21 heavy (non-hydrogen) atoms. The van der Waals surface area contributed by atoms with Crippen LogP contribution in [0.4, 0.5) is 5.69 Å². The summed E-state index contributed by atoms with van der Waals surface area (Å²) in [5.41, 5.74) is 0.438. The first kappa shape index (κ1) is 15.7. The van der Waals surface area contributed by atoms with Crippen LogP contribution >= 0.6 is 11.8 Å². The smallest absolute Gasteiger partial charge is 0.262 e. The second-order valence-electron chi connectivity index (χ2n) is 4.21. The van der Waals surface area contributed by atoms with Crippen LogP contribution in [-0.2, 0) is 10.0 Å². The van der Waals surface area contributed by atoms with Gasteiger partial charge in [0.25, 0.3) is 10.0 Å². The number of hydrogen-bond donors (Lipinski definition) is 1. The molecule has 0 aromatic heterocycles. The minimum Gasteiger partial charge on any atom is -0.492 e. The fraction of sp³-hybridized carbons (Fsp3) is 0.200. The molecule has 0 saturated carbocycles. The van der Waals surface area contributed by atoms with Crippen LogP contribution in [0.3, 0.4) is 0 Å². The van der Waals surface area contributed by atoms with Gasteiger partial charge in [-0.05, 0) is 49.6 Å². The summed E-state index contributed by atoms with van der Waals surface area (Å²) in [6.45, 7) is 2.33. The van der Waals surface area contributed by atoms with E-state index in [1.807, 2.05) is 13.2 Å². The van der Waals surface area contributed by atoms with Gasteiger partial charge >= 0.3 is 0 Å². The lowest BCUT2D eigenvalue weighted by atomic mass is 10.3. The van der Waals surface area contributed by atoms with E-state index in [0.29, 0.717) is 18.0 Å². The summed E-state index contributed by atoms with van der Waals surface area (Å²) in [6.07, 6.45) is 1.94. The molecule has 0 atom stereocenters. The Kier molecular flexibility index (Phi) is 5.14. The molecule has 0 aliphatic carbocycles. The number of para-hydroxylation sites is 2. The number of benzene rings is 2. The summed E-state index contributed by atoms with van der Waals surface area (Å²) < 4.78 is 32.8. The maximum absolute atomic E-state index is 12.4. The third-order valence-corrected chi connectivity index (χ3v) is 4.93. The van der Waals surface area contributed by atoms with Crippen LogP contribution < -0.4 is 9.46 Å². The highest BCUT2D eigenvalue weighted by molar-refractivity contribution is 7.98. The van der Waals surface area contributed by atoms with E-state index in [1.54, 1.807) is 60.3 Å². The lowest BCUT2D eigenvalue weighted by Crippen LogP contribution is -2.13. The minimum absolute atomic E-state index is 0.228. The monoisotopic (exact) mass is 323 g/mol. The van der Waals surface area contributed by atoms with E-state index in [-0.39, 0.29) is 4.90 Å². The predicted molar refractivity (Wildman–Crippen MR) is 86.6 cm³/mol. The highest BCUT2D eigenvalue weighted by atomic mass is 32.2. The van der Waals surface area contributed by atoms with Gasteiger partial charge in [-0.1, -0.05) is 12.1 Å². The van der Waals surface area contributed by atoms with Crippen LogP contribution in [0.25, 0.3) is 0 Å². The van der Waals surface area contributed by atoms with E-state index >= 15 is 0 Å². The first-order chi connectivity index (χ1) is 10.1. The van der Waals surface area contributed by atoms with Gasteiger partial charge in [-0.15, -0.1) is 11.8 Å². The van der Waals surface area contributed by atoms with Gasteiger partial charge in [-0.2, -0.15) is 0 Å². The summed E-state index contributed by atoms with van der Waals surface area (Å²) in [5.74, 6) is 0.518. The SMILES string of the molecule is CCOc1ccccc1NS(=O)(=O)c1ccc(SC)cc1. The van der Waals surface area contributed by atoms with Crippen molar-refractivity contribution in [3.63, 3.8) is 0 Å². The van der Waals surface area contributed by atoms with Gasteiger partial charge in [-0.25, -0.2) is 8.42 Å². The minimum atomic E-state index is -3.62. The molecule has 1 N–H and O–H groups in total. The van der Waals surface area contributed by atoms with Gasteiger partial charge < -0.3 is 4.74 Å². The second-order valence-corrected chi connectivity index (χ2v) is 6.77. The second kappa shape index (κ2) is 6.87. The molecular formula is C15H17NO3S2. The van der Waals surface area contributed by atoms with Crippen LogP contribution in [0.1, 0.15) is 6.92 Å². The van der Waals surface area contributed by atoms with Crippen LogP contribution in [0.15, 0.2) is 58.3 Å². The molecule has 4 nitrogen and oxygen atoms in total. The van der Waals surface area contributed by atoms with E-state index < -0.39 is 10.0 Å². The summed E-state index contributed by atoms with van der Waals surface area (Å²) in [7, 11) is -3.62. The normalized spacial score (nSPS) is 11.1. The zero-order valence-corrected chi connectivity index (χ0v) is 13.5. The van der Waals surface area contributed by atoms with Crippen molar-refractivity contribution in [2.45, 2.75) is 16.7 Å². The number of sulfonamides is 1. The van der Waals surface area contributed by atoms with Crippen molar-refractivity contribution in [2.24, 2.45) is 0 Å². The Morgan fingerprint density at radius 2 is 1.76 bits per heavy atom. The van der Waals surface area contributed by atoms with Crippen molar-refractivity contribution < 1.29 is 13.2 Å². The third kappa shape index (κ3) is 3.92. The molecule has 0 fully saturated rings. The summed E-state index contributed by atoms with van der Waals surface area (Å²) in [4.78, 5) is 1.25. The summed E-state index contributed by atoms with van der Waals surface area (Å²) >= 11 is 1.57. The molecule has 0 aliphatic rings. The topological polar surface area (TPSA) is 55.4 Å². The Morgan fingerprint density at radius 1 is 1.10 bits per heavy atom. The Morgan fingerprint density at radius 3 is 2.38 bits per heavy atom. The van der Waals surface area contributed by atoms with E-state index in [0.717, 1.165) is 4.90 Å². The summed E-state index contributed by atoms with van der Waals surface area (Å²) in [5, 5.41) is 0. The van der Waals surface area contributed by atoms with Crippen LogP contribution in [0, 0.1) is 0 Å². The number of hydrogen-bond acceptors (Lipinski definition) is 4. The van der Waals surface area contributed by atoms with Crippen LogP contribution in [0.5, 0.6) is 5.75 Å². The molecule has 0 heterocycles. The van der Waals surface area contributed by atoms with Crippen molar-refractivity contribution in [3.05, 3.63) is 48.5 Å². The maximum atomic E-state index is 12.4. The van der Waals surface area contributed by atoms with Gasteiger partial charge in [-0.3, -0.25) is 4.72 Å². The molecule has 2 aromatic carbocycles. The van der Waals surface area contributed by atoms with Crippen LogP contribution in [-0.4, -0.2) is 21.3 Å². The number of nitrogens with one attached hydrogen (secondary N) is 1. The molecule has 2 rings (SSSR count). The maximum Gasteiger partial charge on any atom is 0.262 e. The van der Waals surface area contributed by atoms with E-state index in [1.165, 1.54) is 0 Å². The Balaban J connectivity index is 2.28. The molecule has 112 valence electrons. The largest absolute Gasteiger partial charge is 0.492 e. The molecule has 0 radical (unpaired) electrons. The predicted octanol–water partition coefficient (Wildman–Crippen LogP) is 3.61. The summed E-state index contributed by atoms with van der Waals surface area (Å²) in [6, 6.07) is 13.7. The number of ether oxygens (including phenoxy) is 1. The fourth-order valence-corrected chi connectivity index (χ4v) is 3.27. The van der Waals surface area contributed by atoms with Crippen molar-refractivity contribution in [1.29, 1.82) is 0 Å². The molecule has 0 amide bonds. The third-order valence-electron chi connectivity index (χ3n) is 2.80. The van der Waals surface area contributed by atoms with Gasteiger partial charge in [0.05, 0.1) is 17.2 Å². The van der Waals surface area contributed by atoms with Crippen molar-refractivity contribution in [2.75, 3.05) is 17.6 Å². The lowest BCUT2D eigenvalue weighted by Gasteiger charge is -2.12. The standard InChI is InChI=1S/C15H17NO3S2/c1-3-19-15-7-5-4-6-14(15)16-21(17,18)13-10-8-12(20-2)9-11-13/h4-11,16H,3H2,1-2H3. The van der Waals surface area contributed by atoms with Crippen LogP contribution in [0.2, 0.25) is 0 Å². The van der Waals surface area contributed by atoms with Gasteiger partial charge in [0.2, 0.25) is 0 Å². The molecule has 2 aromatic rings. The number of thioether (sulfide) groups is 1. The van der Waals surface area contributed by atoms with Crippen molar-refractivity contribution in [1.82, 2.24) is 0 Å². The molecular weight excluding hydrogens is 306 g/mol. The molecule has 6 heteroatoms. The zero-order chi connectivity index (χ0) is 15.3. The molecule has 0 unspecified atom stereocenters. The van der Waals surface area contributed by atoms with E-state index in [4.69, 9.17) is 4.74 Å².